The lowest BCUT2D eigenvalue weighted by Crippen LogP contribution is -2.38. The van der Waals surface area contributed by atoms with Crippen LogP contribution in [0, 0.1) is 0 Å². The molecule has 0 bridgehead atoms. The van der Waals surface area contributed by atoms with E-state index in [1.807, 2.05) is 6.07 Å². The molecule has 0 saturated carbocycles. The Kier molecular flexibility index (Phi) is 5.37. The third kappa shape index (κ3) is 4.16. The first-order valence-electron chi connectivity index (χ1n) is 8.27. The van der Waals surface area contributed by atoms with Crippen LogP contribution in [0.3, 0.4) is 0 Å². The summed E-state index contributed by atoms with van der Waals surface area (Å²) in [4.78, 5) is 14.6. The zero-order valence-electron chi connectivity index (χ0n) is 13.2. The molecule has 1 saturated heterocycles. The van der Waals surface area contributed by atoms with Crippen LogP contribution in [-0.4, -0.2) is 45.9 Å². The Bertz CT molecular complexity index is 591. The fourth-order valence-electron chi connectivity index (χ4n) is 3.13. The molecule has 1 aromatic carbocycles. The van der Waals surface area contributed by atoms with Crippen molar-refractivity contribution in [3.05, 3.63) is 47.8 Å². The van der Waals surface area contributed by atoms with Gasteiger partial charge in [0.25, 0.3) is 5.91 Å². The number of carbonyl (C=O) groups is 1. The molecule has 0 radical (unpaired) electrons. The van der Waals surface area contributed by atoms with Crippen molar-refractivity contribution < 1.29 is 4.79 Å². The number of aromatic nitrogens is 3. The van der Waals surface area contributed by atoms with E-state index in [9.17, 15) is 4.79 Å². The van der Waals surface area contributed by atoms with Crippen molar-refractivity contribution in [2.45, 2.75) is 31.7 Å². The van der Waals surface area contributed by atoms with Crippen molar-refractivity contribution in [2.24, 2.45) is 0 Å². The number of benzene rings is 1. The average molecular weight is 313 g/mol. The molecular weight excluding hydrogens is 290 g/mol. The Hall–Kier alpha value is -2.21. The topological polar surface area (TPSA) is 73.9 Å². The van der Waals surface area contributed by atoms with Crippen LogP contribution in [0.4, 0.5) is 0 Å². The smallest absolute Gasteiger partial charge is 0.273 e. The zero-order valence-corrected chi connectivity index (χ0v) is 13.2. The number of amides is 1. The summed E-state index contributed by atoms with van der Waals surface area (Å²) < 4.78 is 0. The monoisotopic (exact) mass is 313 g/mol. The lowest BCUT2D eigenvalue weighted by molar-refractivity contribution is 0.0928. The molecule has 1 atom stereocenters. The van der Waals surface area contributed by atoms with Gasteiger partial charge in [-0.05, 0) is 31.5 Å². The second-order valence-corrected chi connectivity index (χ2v) is 5.94. The van der Waals surface area contributed by atoms with Gasteiger partial charge in [-0.2, -0.15) is 15.4 Å². The largest absolute Gasteiger partial charge is 0.349 e. The quantitative estimate of drug-likeness (QED) is 0.887. The second-order valence-electron chi connectivity index (χ2n) is 5.94. The van der Waals surface area contributed by atoms with Crippen LogP contribution in [0.25, 0.3) is 0 Å². The average Bonchev–Trinajstić information content (AvgIpc) is 3.00. The van der Waals surface area contributed by atoms with Crippen molar-refractivity contribution in [1.29, 1.82) is 0 Å². The third-order valence-corrected chi connectivity index (χ3v) is 4.37. The van der Waals surface area contributed by atoms with Gasteiger partial charge in [0.05, 0.1) is 12.2 Å². The van der Waals surface area contributed by atoms with Gasteiger partial charge in [0, 0.05) is 6.54 Å². The summed E-state index contributed by atoms with van der Waals surface area (Å²) in [5, 5.41) is 13.0. The molecule has 1 amide bonds. The minimum absolute atomic E-state index is 0.186. The number of hydrogen-bond donors (Lipinski definition) is 2. The lowest BCUT2D eigenvalue weighted by atomic mass is 10.0. The summed E-state index contributed by atoms with van der Waals surface area (Å²) in [6, 6.07) is 10.6. The molecule has 122 valence electrons. The van der Waals surface area contributed by atoms with Gasteiger partial charge in [-0.1, -0.05) is 43.2 Å². The van der Waals surface area contributed by atoms with Crippen molar-refractivity contribution >= 4 is 5.91 Å². The standard InChI is InChI=1S/C17H23N5O/c23-17(15-12-19-21-20-15)18-13-16(14-8-4-3-5-9-14)22-10-6-1-2-7-11-22/h3-5,8-9,12,16H,1-2,6-7,10-11,13H2,(H,18,23)(H,19,20,21). The van der Waals surface area contributed by atoms with Crippen LogP contribution >= 0.6 is 0 Å². The molecule has 1 fully saturated rings. The maximum absolute atomic E-state index is 12.1. The van der Waals surface area contributed by atoms with Crippen molar-refractivity contribution in [3.63, 3.8) is 0 Å². The predicted molar refractivity (Wildman–Crippen MR) is 87.9 cm³/mol. The molecule has 6 nitrogen and oxygen atoms in total. The highest BCUT2D eigenvalue weighted by Gasteiger charge is 2.22. The first-order valence-corrected chi connectivity index (χ1v) is 8.27. The molecule has 1 aliphatic heterocycles. The Morgan fingerprint density at radius 1 is 1.17 bits per heavy atom. The van der Waals surface area contributed by atoms with E-state index in [1.54, 1.807) is 0 Å². The highest BCUT2D eigenvalue weighted by atomic mass is 16.2. The summed E-state index contributed by atoms with van der Waals surface area (Å²) >= 11 is 0. The highest BCUT2D eigenvalue weighted by Crippen LogP contribution is 2.23. The molecule has 3 rings (SSSR count). The molecule has 2 aromatic rings. The number of nitrogens with zero attached hydrogens (tertiary/aromatic N) is 3. The number of rotatable bonds is 5. The van der Waals surface area contributed by atoms with Gasteiger partial charge in [0.15, 0.2) is 5.69 Å². The molecule has 1 aromatic heterocycles. The van der Waals surface area contributed by atoms with Gasteiger partial charge in [-0.3, -0.25) is 9.69 Å². The summed E-state index contributed by atoms with van der Waals surface area (Å²) in [5.41, 5.74) is 1.57. The fraction of sp³-hybridized carbons (Fsp3) is 0.471. The van der Waals surface area contributed by atoms with Crippen LogP contribution < -0.4 is 5.32 Å². The summed E-state index contributed by atoms with van der Waals surface area (Å²) in [6.45, 7) is 2.74. The molecule has 1 aliphatic rings. The van der Waals surface area contributed by atoms with Gasteiger partial charge in [0.2, 0.25) is 0 Å². The summed E-state index contributed by atoms with van der Waals surface area (Å²) in [6.07, 6.45) is 6.48. The van der Waals surface area contributed by atoms with Gasteiger partial charge in [0.1, 0.15) is 0 Å². The van der Waals surface area contributed by atoms with E-state index < -0.39 is 0 Å². The number of H-pyrrole nitrogens is 1. The molecule has 23 heavy (non-hydrogen) atoms. The van der Waals surface area contributed by atoms with Crippen LogP contribution in [0.15, 0.2) is 36.5 Å². The number of nitrogens with one attached hydrogen (secondary N) is 2. The maximum Gasteiger partial charge on any atom is 0.273 e. The van der Waals surface area contributed by atoms with Crippen molar-refractivity contribution in [1.82, 2.24) is 25.6 Å². The summed E-state index contributed by atoms with van der Waals surface area (Å²) in [5.74, 6) is -0.186. The van der Waals surface area contributed by atoms with E-state index in [-0.39, 0.29) is 11.9 Å². The normalized spacial score (nSPS) is 17.4. The van der Waals surface area contributed by atoms with E-state index in [0.29, 0.717) is 12.2 Å². The lowest BCUT2D eigenvalue weighted by Gasteiger charge is -2.31. The molecule has 0 spiro atoms. The van der Waals surface area contributed by atoms with Gasteiger partial charge >= 0.3 is 0 Å². The Morgan fingerprint density at radius 3 is 2.57 bits per heavy atom. The van der Waals surface area contributed by atoms with E-state index in [0.717, 1.165) is 13.1 Å². The van der Waals surface area contributed by atoms with Gasteiger partial charge in [-0.15, -0.1) is 0 Å². The molecule has 0 aliphatic carbocycles. The van der Waals surface area contributed by atoms with E-state index in [4.69, 9.17) is 0 Å². The van der Waals surface area contributed by atoms with Crippen LogP contribution in [0.5, 0.6) is 0 Å². The number of aromatic amines is 1. The van der Waals surface area contributed by atoms with Crippen LogP contribution in [0.1, 0.15) is 47.8 Å². The first kappa shape index (κ1) is 15.7. The molecule has 1 unspecified atom stereocenters. The number of likely N-dealkylation sites (tertiary alicyclic amines) is 1. The molecule has 6 heteroatoms. The Labute approximate surface area is 136 Å². The number of carbonyl (C=O) groups excluding carboxylic acids is 1. The second kappa shape index (κ2) is 7.87. The molecular formula is C17H23N5O. The van der Waals surface area contributed by atoms with Crippen molar-refractivity contribution in [2.75, 3.05) is 19.6 Å². The first-order chi connectivity index (χ1) is 11.3. The summed E-state index contributed by atoms with van der Waals surface area (Å²) in [7, 11) is 0. The maximum atomic E-state index is 12.1. The van der Waals surface area contributed by atoms with Crippen LogP contribution in [0.2, 0.25) is 0 Å². The molecule has 2 heterocycles. The van der Waals surface area contributed by atoms with E-state index in [2.05, 4.69) is 49.9 Å². The Balaban J connectivity index is 1.71. The minimum Gasteiger partial charge on any atom is -0.349 e. The number of hydrogen-bond acceptors (Lipinski definition) is 4. The van der Waals surface area contributed by atoms with Gasteiger partial charge in [-0.25, -0.2) is 0 Å². The highest BCUT2D eigenvalue weighted by molar-refractivity contribution is 5.91. The van der Waals surface area contributed by atoms with Crippen molar-refractivity contribution in [3.8, 4) is 0 Å². The van der Waals surface area contributed by atoms with E-state index >= 15 is 0 Å². The zero-order chi connectivity index (χ0) is 15.9. The van der Waals surface area contributed by atoms with E-state index in [1.165, 1.54) is 37.4 Å². The Morgan fingerprint density at radius 2 is 1.91 bits per heavy atom. The molecule has 2 N–H and O–H groups in total. The SMILES string of the molecule is O=C(NCC(c1ccccc1)N1CCCCCC1)c1cn[nH]n1. The van der Waals surface area contributed by atoms with Gasteiger partial charge < -0.3 is 5.32 Å². The fourth-order valence-corrected chi connectivity index (χ4v) is 3.13. The predicted octanol–water partition coefficient (Wildman–Crippen LogP) is 2.15. The minimum atomic E-state index is -0.186. The van der Waals surface area contributed by atoms with Crippen LogP contribution in [-0.2, 0) is 0 Å². The third-order valence-electron chi connectivity index (χ3n) is 4.37.